The first kappa shape index (κ1) is 11.3. The van der Waals surface area contributed by atoms with Crippen LogP contribution in [0.25, 0.3) is 21.9 Å². The van der Waals surface area contributed by atoms with Gasteiger partial charge in [0.1, 0.15) is 5.15 Å². The third-order valence-electron chi connectivity index (χ3n) is 2.19. The summed E-state index contributed by atoms with van der Waals surface area (Å²) in [7, 11) is 0. The number of hydrogen-bond donors (Lipinski definition) is 1. The van der Waals surface area contributed by atoms with Gasteiger partial charge in [-0.3, -0.25) is 0 Å². The van der Waals surface area contributed by atoms with Crippen molar-refractivity contribution in [3.8, 4) is 10.7 Å². The van der Waals surface area contributed by atoms with E-state index in [1.54, 1.807) is 6.07 Å². The minimum Gasteiger partial charge on any atom is -0.336 e. The van der Waals surface area contributed by atoms with Gasteiger partial charge in [-0.05, 0) is 18.2 Å². The molecule has 0 bridgehead atoms. The number of nitrogens with one attached hydrogen (secondary N) is 1. The van der Waals surface area contributed by atoms with Gasteiger partial charge in [0.25, 0.3) is 0 Å². The first-order valence-electron chi connectivity index (χ1n) is 4.61. The van der Waals surface area contributed by atoms with E-state index < -0.39 is 0 Å². The van der Waals surface area contributed by atoms with Gasteiger partial charge in [0, 0.05) is 0 Å². The maximum absolute atomic E-state index is 5.89. The Labute approximate surface area is 115 Å². The van der Waals surface area contributed by atoms with E-state index in [2.05, 4.69) is 15.0 Å². The number of thiophene rings is 1. The average molecular weight is 305 g/mol. The Hall–Kier alpha value is -0.810. The molecule has 0 spiro atoms. The van der Waals surface area contributed by atoms with Crippen molar-refractivity contribution in [2.24, 2.45) is 0 Å². The summed E-state index contributed by atoms with van der Waals surface area (Å²) in [5, 5.41) is 0.653. The van der Waals surface area contributed by atoms with Gasteiger partial charge < -0.3 is 4.98 Å². The van der Waals surface area contributed by atoms with Crippen molar-refractivity contribution < 1.29 is 0 Å². The van der Waals surface area contributed by atoms with Crippen molar-refractivity contribution in [1.29, 1.82) is 0 Å². The van der Waals surface area contributed by atoms with Crippen molar-refractivity contribution in [3.05, 3.63) is 32.7 Å². The van der Waals surface area contributed by atoms with Gasteiger partial charge in [0.2, 0.25) is 0 Å². The van der Waals surface area contributed by atoms with E-state index >= 15 is 0 Å². The molecule has 0 aromatic carbocycles. The van der Waals surface area contributed by atoms with E-state index in [-0.39, 0.29) is 5.15 Å². The third kappa shape index (κ3) is 2.02. The molecule has 0 saturated heterocycles. The monoisotopic (exact) mass is 303 g/mol. The van der Waals surface area contributed by atoms with Crippen LogP contribution in [0.4, 0.5) is 0 Å². The molecule has 1 N–H and O–H groups in total. The number of rotatable bonds is 1. The van der Waals surface area contributed by atoms with Gasteiger partial charge in [-0.1, -0.05) is 34.8 Å². The van der Waals surface area contributed by atoms with Crippen LogP contribution in [0.5, 0.6) is 0 Å². The molecular formula is C10H4Cl3N3S. The van der Waals surface area contributed by atoms with Gasteiger partial charge in [-0.25, -0.2) is 9.97 Å². The summed E-state index contributed by atoms with van der Waals surface area (Å²) in [4.78, 5) is 12.5. The van der Waals surface area contributed by atoms with Gasteiger partial charge >= 0.3 is 0 Å². The molecule has 0 aliphatic heterocycles. The zero-order chi connectivity index (χ0) is 12.0. The average Bonchev–Trinajstić information content (AvgIpc) is 2.85. The van der Waals surface area contributed by atoms with Crippen LogP contribution >= 0.6 is 46.1 Å². The molecule has 86 valence electrons. The molecule has 3 aromatic heterocycles. The maximum atomic E-state index is 5.89. The second-order valence-electron chi connectivity index (χ2n) is 3.32. The molecule has 0 aliphatic carbocycles. The fraction of sp³-hybridized carbons (Fsp3) is 0. The molecule has 3 rings (SSSR count). The van der Waals surface area contributed by atoms with Crippen molar-refractivity contribution in [2.75, 3.05) is 0 Å². The Morgan fingerprint density at radius 2 is 1.94 bits per heavy atom. The second kappa shape index (κ2) is 4.14. The van der Waals surface area contributed by atoms with Crippen molar-refractivity contribution >= 4 is 57.3 Å². The van der Waals surface area contributed by atoms with Gasteiger partial charge in [0.15, 0.2) is 11.5 Å². The number of imidazole rings is 1. The van der Waals surface area contributed by atoms with Crippen LogP contribution in [-0.4, -0.2) is 15.0 Å². The highest BCUT2D eigenvalue weighted by molar-refractivity contribution is 7.19. The first-order valence-corrected chi connectivity index (χ1v) is 6.56. The number of fused-ring (bicyclic) bond motifs is 1. The number of H-pyrrole nitrogens is 1. The number of pyridine rings is 1. The lowest BCUT2D eigenvalue weighted by Crippen LogP contribution is -1.79. The predicted molar refractivity (Wildman–Crippen MR) is 72.2 cm³/mol. The quantitative estimate of drug-likeness (QED) is 0.665. The molecule has 3 heterocycles. The van der Waals surface area contributed by atoms with E-state index in [1.807, 2.05) is 12.1 Å². The van der Waals surface area contributed by atoms with Crippen LogP contribution < -0.4 is 0 Å². The molecule has 0 amide bonds. The second-order valence-corrected chi connectivity index (χ2v) is 5.80. The molecule has 7 heteroatoms. The summed E-state index contributed by atoms with van der Waals surface area (Å²) in [6, 6.07) is 5.42. The third-order valence-corrected chi connectivity index (χ3v) is 4.10. The summed E-state index contributed by atoms with van der Waals surface area (Å²) >= 11 is 19.0. The molecule has 0 atom stereocenters. The Morgan fingerprint density at radius 1 is 1.12 bits per heavy atom. The summed E-state index contributed by atoms with van der Waals surface area (Å²) in [5.41, 5.74) is 1.29. The van der Waals surface area contributed by atoms with Crippen LogP contribution in [0.2, 0.25) is 14.5 Å². The zero-order valence-electron chi connectivity index (χ0n) is 8.17. The van der Waals surface area contributed by atoms with Crippen molar-refractivity contribution in [2.45, 2.75) is 0 Å². The minimum atomic E-state index is 0.251. The highest BCUT2D eigenvalue weighted by Gasteiger charge is 2.10. The zero-order valence-corrected chi connectivity index (χ0v) is 11.3. The smallest absolute Gasteiger partial charge is 0.179 e. The molecule has 3 aromatic rings. The SMILES string of the molecule is Clc1ccc(-c2nc3nc(Cl)c(Cl)cc3[nH]2)s1. The largest absolute Gasteiger partial charge is 0.336 e. The topological polar surface area (TPSA) is 41.6 Å². The van der Waals surface area contributed by atoms with Crippen molar-refractivity contribution in [3.63, 3.8) is 0 Å². The molecule has 0 aliphatic rings. The van der Waals surface area contributed by atoms with Crippen LogP contribution in [0.15, 0.2) is 18.2 Å². The van der Waals surface area contributed by atoms with E-state index in [4.69, 9.17) is 34.8 Å². The maximum Gasteiger partial charge on any atom is 0.179 e. The van der Waals surface area contributed by atoms with E-state index in [9.17, 15) is 0 Å². The first-order chi connectivity index (χ1) is 8.13. The summed E-state index contributed by atoms with van der Waals surface area (Å²) in [6.45, 7) is 0. The molecule has 0 saturated carbocycles. The lowest BCUT2D eigenvalue weighted by atomic mass is 10.4. The lowest BCUT2D eigenvalue weighted by Gasteiger charge is -1.92. The summed E-state index contributed by atoms with van der Waals surface area (Å²) in [5.74, 6) is 0.711. The number of halogens is 3. The number of nitrogens with zero attached hydrogens (tertiary/aromatic N) is 2. The van der Waals surface area contributed by atoms with E-state index in [0.717, 1.165) is 10.4 Å². The highest BCUT2D eigenvalue weighted by atomic mass is 35.5. The van der Waals surface area contributed by atoms with Gasteiger partial charge in [-0.2, -0.15) is 0 Å². The highest BCUT2D eigenvalue weighted by Crippen LogP contribution is 2.31. The molecule has 0 unspecified atom stereocenters. The number of aromatic amines is 1. The van der Waals surface area contributed by atoms with Crippen molar-refractivity contribution in [1.82, 2.24) is 15.0 Å². The van der Waals surface area contributed by atoms with Gasteiger partial charge in [-0.15, -0.1) is 11.3 Å². The Bertz CT molecular complexity index is 665. The number of hydrogen-bond acceptors (Lipinski definition) is 3. The van der Waals surface area contributed by atoms with Crippen LogP contribution in [-0.2, 0) is 0 Å². The fourth-order valence-corrected chi connectivity index (χ4v) is 2.73. The Kier molecular flexibility index (Phi) is 2.75. The summed E-state index contributed by atoms with van der Waals surface area (Å²) in [6.07, 6.45) is 0. The molecule has 17 heavy (non-hydrogen) atoms. The van der Waals surface area contributed by atoms with E-state index in [0.29, 0.717) is 20.8 Å². The number of aromatic nitrogens is 3. The Morgan fingerprint density at radius 3 is 2.65 bits per heavy atom. The lowest BCUT2D eigenvalue weighted by molar-refractivity contribution is 1.31. The standard InChI is InChI=1S/C10H4Cl3N3S/c11-4-3-5-9(15-8(4)13)16-10(14-5)6-1-2-7(12)17-6/h1-3H,(H,14,15,16). The van der Waals surface area contributed by atoms with Crippen LogP contribution in [0, 0.1) is 0 Å². The molecule has 3 nitrogen and oxygen atoms in total. The molecule has 0 radical (unpaired) electrons. The molecular weight excluding hydrogens is 301 g/mol. The summed E-state index contributed by atoms with van der Waals surface area (Å²) < 4.78 is 0.712. The van der Waals surface area contributed by atoms with Crippen LogP contribution in [0.3, 0.4) is 0 Å². The van der Waals surface area contributed by atoms with Gasteiger partial charge in [0.05, 0.1) is 19.8 Å². The normalized spacial score (nSPS) is 11.2. The predicted octanol–water partition coefficient (Wildman–Crippen LogP) is 4.65. The molecule has 0 fully saturated rings. The fourth-order valence-electron chi connectivity index (χ4n) is 1.45. The van der Waals surface area contributed by atoms with Crippen LogP contribution in [0.1, 0.15) is 0 Å². The minimum absolute atomic E-state index is 0.251. The van der Waals surface area contributed by atoms with E-state index in [1.165, 1.54) is 11.3 Å². The Balaban J connectivity index is 2.19.